The minimum atomic E-state index is -0.0587. The van der Waals surface area contributed by atoms with Crippen LogP contribution in [0.25, 0.3) is 11.5 Å². The Labute approximate surface area is 97.5 Å². The van der Waals surface area contributed by atoms with Gasteiger partial charge in [0.15, 0.2) is 5.82 Å². The summed E-state index contributed by atoms with van der Waals surface area (Å²) in [6.45, 7) is 0.504. The van der Waals surface area contributed by atoms with Crippen molar-refractivity contribution in [1.29, 1.82) is 0 Å². The van der Waals surface area contributed by atoms with Gasteiger partial charge in [0.2, 0.25) is 0 Å². The number of aromatic nitrogens is 2. The summed E-state index contributed by atoms with van der Waals surface area (Å²) in [5, 5.41) is 22.4. The minimum absolute atomic E-state index is 0.0587. The van der Waals surface area contributed by atoms with Gasteiger partial charge in [0.25, 0.3) is 5.89 Å². The van der Waals surface area contributed by atoms with E-state index in [-0.39, 0.29) is 17.4 Å². The van der Waals surface area contributed by atoms with Crippen molar-refractivity contribution in [3.8, 4) is 23.0 Å². The van der Waals surface area contributed by atoms with Crippen LogP contribution in [0.15, 0.2) is 22.7 Å². The third-order valence-corrected chi connectivity index (χ3v) is 2.15. The largest absolute Gasteiger partial charge is 0.508 e. The predicted molar refractivity (Wildman–Crippen MR) is 58.6 cm³/mol. The van der Waals surface area contributed by atoms with E-state index in [0.717, 1.165) is 0 Å². The van der Waals surface area contributed by atoms with Gasteiger partial charge >= 0.3 is 0 Å². The molecule has 90 valence electrons. The van der Waals surface area contributed by atoms with Crippen molar-refractivity contribution in [2.45, 2.75) is 6.42 Å². The molecule has 2 aromatic rings. The first-order valence-electron chi connectivity index (χ1n) is 5.04. The highest BCUT2D eigenvalue weighted by Gasteiger charge is 2.10. The average molecular weight is 236 g/mol. The Morgan fingerprint density at radius 1 is 1.24 bits per heavy atom. The number of phenolic OH excluding ortho intramolecular Hbond substituents is 2. The molecule has 0 aliphatic rings. The predicted octanol–water partition coefficient (Wildman–Crippen LogP) is 1.34. The number of methoxy groups -OCH3 is 1. The molecule has 17 heavy (non-hydrogen) atoms. The van der Waals surface area contributed by atoms with Crippen LogP contribution in [0.4, 0.5) is 0 Å². The molecule has 0 bridgehead atoms. The van der Waals surface area contributed by atoms with Crippen molar-refractivity contribution in [2.24, 2.45) is 0 Å². The first-order chi connectivity index (χ1) is 8.19. The summed E-state index contributed by atoms with van der Waals surface area (Å²) in [7, 11) is 1.59. The topological polar surface area (TPSA) is 88.6 Å². The molecule has 0 saturated heterocycles. The highest BCUT2D eigenvalue weighted by molar-refractivity contribution is 5.58. The minimum Gasteiger partial charge on any atom is -0.508 e. The second-order valence-corrected chi connectivity index (χ2v) is 3.50. The molecule has 0 radical (unpaired) electrons. The van der Waals surface area contributed by atoms with E-state index in [4.69, 9.17) is 9.26 Å². The van der Waals surface area contributed by atoms with Crippen LogP contribution in [0.1, 0.15) is 5.82 Å². The number of benzene rings is 1. The maximum Gasteiger partial charge on any atom is 0.258 e. The second-order valence-electron chi connectivity index (χ2n) is 3.50. The average Bonchev–Trinajstić information content (AvgIpc) is 2.73. The van der Waals surface area contributed by atoms with Gasteiger partial charge in [-0.25, -0.2) is 0 Å². The summed E-state index contributed by atoms with van der Waals surface area (Å²) in [6, 6.07) is 4.10. The summed E-state index contributed by atoms with van der Waals surface area (Å²) in [4.78, 5) is 4.12. The molecule has 1 aromatic carbocycles. The monoisotopic (exact) mass is 236 g/mol. The van der Waals surface area contributed by atoms with Gasteiger partial charge in [0.05, 0.1) is 6.61 Å². The van der Waals surface area contributed by atoms with Crippen molar-refractivity contribution in [1.82, 2.24) is 10.1 Å². The SMILES string of the molecule is COCCc1noc(-c2cc(O)cc(O)c2)n1. The smallest absolute Gasteiger partial charge is 0.258 e. The second kappa shape index (κ2) is 4.84. The van der Waals surface area contributed by atoms with Gasteiger partial charge < -0.3 is 19.5 Å². The molecular weight excluding hydrogens is 224 g/mol. The lowest BCUT2D eigenvalue weighted by Crippen LogP contribution is -1.96. The zero-order chi connectivity index (χ0) is 12.3. The quantitative estimate of drug-likeness (QED) is 0.832. The first-order valence-corrected chi connectivity index (χ1v) is 5.04. The van der Waals surface area contributed by atoms with Crippen molar-refractivity contribution in [3.63, 3.8) is 0 Å². The Morgan fingerprint density at radius 2 is 1.94 bits per heavy atom. The zero-order valence-electron chi connectivity index (χ0n) is 9.25. The fraction of sp³-hybridized carbons (Fsp3) is 0.273. The van der Waals surface area contributed by atoms with E-state index in [0.29, 0.717) is 24.4 Å². The highest BCUT2D eigenvalue weighted by atomic mass is 16.5. The Balaban J connectivity index is 2.24. The zero-order valence-corrected chi connectivity index (χ0v) is 9.25. The van der Waals surface area contributed by atoms with Gasteiger partial charge in [0.1, 0.15) is 11.5 Å². The summed E-state index contributed by atoms with van der Waals surface area (Å²) >= 11 is 0. The molecule has 6 heteroatoms. The van der Waals surface area contributed by atoms with E-state index < -0.39 is 0 Å². The number of phenols is 2. The standard InChI is InChI=1S/C11H12N2O4/c1-16-3-2-10-12-11(17-13-10)7-4-8(14)6-9(15)5-7/h4-6,14-15H,2-3H2,1H3. The first kappa shape index (κ1) is 11.4. The Kier molecular flexibility index (Phi) is 3.24. The number of rotatable bonds is 4. The van der Waals surface area contributed by atoms with Crippen LogP contribution >= 0.6 is 0 Å². The summed E-state index contributed by atoms with van der Waals surface area (Å²) in [5.74, 6) is 0.653. The number of nitrogens with zero attached hydrogens (tertiary/aromatic N) is 2. The normalized spacial score (nSPS) is 10.6. The summed E-state index contributed by atoms with van der Waals surface area (Å²) < 4.78 is 9.92. The van der Waals surface area contributed by atoms with Crippen LogP contribution in [0, 0.1) is 0 Å². The van der Waals surface area contributed by atoms with Gasteiger partial charge in [-0.05, 0) is 12.1 Å². The van der Waals surface area contributed by atoms with Crippen LogP contribution in [-0.2, 0) is 11.2 Å². The Bertz CT molecular complexity index is 490. The molecule has 0 aliphatic carbocycles. The molecule has 0 unspecified atom stereocenters. The number of hydrogen-bond acceptors (Lipinski definition) is 6. The molecule has 0 aliphatic heterocycles. The summed E-state index contributed by atoms with van der Waals surface area (Å²) in [5.41, 5.74) is 0.471. The fourth-order valence-corrected chi connectivity index (χ4v) is 1.38. The molecule has 2 rings (SSSR count). The summed E-state index contributed by atoms with van der Waals surface area (Å²) in [6.07, 6.45) is 0.546. The Morgan fingerprint density at radius 3 is 2.59 bits per heavy atom. The van der Waals surface area contributed by atoms with Crippen molar-refractivity contribution < 1.29 is 19.5 Å². The number of aromatic hydroxyl groups is 2. The van der Waals surface area contributed by atoms with Gasteiger partial charge in [0, 0.05) is 25.2 Å². The van der Waals surface area contributed by atoms with Crippen LogP contribution in [0.3, 0.4) is 0 Å². The molecule has 2 N–H and O–H groups in total. The van der Waals surface area contributed by atoms with Crippen LogP contribution in [0.5, 0.6) is 11.5 Å². The molecule has 0 fully saturated rings. The molecule has 6 nitrogen and oxygen atoms in total. The molecule has 0 spiro atoms. The molecule has 0 atom stereocenters. The number of hydrogen-bond donors (Lipinski definition) is 2. The van der Waals surface area contributed by atoms with Crippen LogP contribution in [-0.4, -0.2) is 34.1 Å². The molecule has 1 heterocycles. The van der Waals surface area contributed by atoms with Crippen LogP contribution in [0.2, 0.25) is 0 Å². The third kappa shape index (κ3) is 2.73. The van der Waals surface area contributed by atoms with Gasteiger partial charge in [-0.15, -0.1) is 0 Å². The van der Waals surface area contributed by atoms with E-state index in [9.17, 15) is 10.2 Å². The fourth-order valence-electron chi connectivity index (χ4n) is 1.38. The number of ether oxygens (including phenoxy) is 1. The van der Waals surface area contributed by atoms with Crippen molar-refractivity contribution in [3.05, 3.63) is 24.0 Å². The van der Waals surface area contributed by atoms with E-state index in [1.165, 1.54) is 18.2 Å². The lowest BCUT2D eigenvalue weighted by atomic mass is 10.2. The lowest BCUT2D eigenvalue weighted by molar-refractivity contribution is 0.199. The maximum atomic E-state index is 9.33. The van der Waals surface area contributed by atoms with Gasteiger partial charge in [-0.3, -0.25) is 0 Å². The van der Waals surface area contributed by atoms with Gasteiger partial charge in [-0.2, -0.15) is 4.98 Å². The Hall–Kier alpha value is -2.08. The molecular formula is C11H12N2O4. The van der Waals surface area contributed by atoms with E-state index in [1.807, 2.05) is 0 Å². The van der Waals surface area contributed by atoms with E-state index in [1.54, 1.807) is 7.11 Å². The maximum absolute atomic E-state index is 9.33. The lowest BCUT2D eigenvalue weighted by Gasteiger charge is -1.97. The third-order valence-electron chi connectivity index (χ3n) is 2.15. The van der Waals surface area contributed by atoms with Crippen LogP contribution < -0.4 is 0 Å². The van der Waals surface area contributed by atoms with Crippen molar-refractivity contribution in [2.75, 3.05) is 13.7 Å². The highest BCUT2D eigenvalue weighted by Crippen LogP contribution is 2.27. The van der Waals surface area contributed by atoms with E-state index in [2.05, 4.69) is 10.1 Å². The molecule has 1 aromatic heterocycles. The molecule has 0 amide bonds. The van der Waals surface area contributed by atoms with Crippen molar-refractivity contribution >= 4 is 0 Å². The van der Waals surface area contributed by atoms with Gasteiger partial charge in [-0.1, -0.05) is 5.16 Å². The van der Waals surface area contributed by atoms with E-state index >= 15 is 0 Å². The molecule has 0 saturated carbocycles.